The quantitative estimate of drug-likeness (QED) is 0.465. The molecule has 0 aliphatic carbocycles. The second-order valence-electron chi connectivity index (χ2n) is 4.27. The van der Waals surface area contributed by atoms with Crippen LogP contribution in [0.2, 0.25) is 0 Å². The third kappa shape index (κ3) is 4.88. The molecule has 102 valence electrons. The van der Waals surface area contributed by atoms with Gasteiger partial charge in [0.25, 0.3) is 5.69 Å². The Labute approximate surface area is 113 Å². The lowest BCUT2D eigenvalue weighted by molar-refractivity contribution is -0.384. The molecule has 0 radical (unpaired) electrons. The number of nitro groups is 1. The molecule has 0 heterocycles. The van der Waals surface area contributed by atoms with Crippen LogP contribution in [0.3, 0.4) is 0 Å². The molecule has 1 atom stereocenters. The minimum Gasteiger partial charge on any atom is -0.493 e. The fourth-order valence-corrected chi connectivity index (χ4v) is 1.59. The van der Waals surface area contributed by atoms with Crippen LogP contribution in [0.25, 0.3) is 0 Å². The Kier molecular flexibility index (Phi) is 5.68. The first kappa shape index (κ1) is 14.8. The maximum absolute atomic E-state index is 10.9. The van der Waals surface area contributed by atoms with Gasteiger partial charge in [0.05, 0.1) is 17.6 Å². The number of hydrogen-bond acceptors (Lipinski definition) is 4. The molecular weight excluding hydrogens is 244 g/mol. The lowest BCUT2D eigenvalue weighted by Crippen LogP contribution is -2.14. The third-order valence-electron chi connectivity index (χ3n) is 2.41. The summed E-state index contributed by atoms with van der Waals surface area (Å²) in [5.41, 5.74) is 0.645. The summed E-state index contributed by atoms with van der Waals surface area (Å²) >= 11 is 0. The number of anilines is 1. The minimum atomic E-state index is -0.435. The molecule has 5 nitrogen and oxygen atoms in total. The van der Waals surface area contributed by atoms with E-state index in [0.717, 1.165) is 6.42 Å². The first-order chi connectivity index (χ1) is 9.06. The summed E-state index contributed by atoms with van der Waals surface area (Å²) in [6.07, 6.45) is 6.63. The van der Waals surface area contributed by atoms with E-state index in [1.165, 1.54) is 12.1 Å². The van der Waals surface area contributed by atoms with Gasteiger partial charge in [0, 0.05) is 30.3 Å². The van der Waals surface area contributed by atoms with Crippen LogP contribution in [0.4, 0.5) is 11.4 Å². The number of non-ortho nitro benzene ring substituents is 1. The van der Waals surface area contributed by atoms with Crippen molar-refractivity contribution >= 4 is 11.4 Å². The van der Waals surface area contributed by atoms with Crippen molar-refractivity contribution in [3.05, 3.63) is 28.3 Å². The molecule has 0 bridgehead atoms. The summed E-state index contributed by atoms with van der Waals surface area (Å²) < 4.78 is 5.44. The van der Waals surface area contributed by atoms with Crippen LogP contribution in [0.5, 0.6) is 5.75 Å². The van der Waals surface area contributed by atoms with E-state index in [1.54, 1.807) is 6.07 Å². The zero-order valence-corrected chi connectivity index (χ0v) is 11.2. The molecule has 1 unspecified atom stereocenters. The lowest BCUT2D eigenvalue weighted by Gasteiger charge is -2.14. The lowest BCUT2D eigenvalue weighted by atomic mass is 10.2. The van der Waals surface area contributed by atoms with Crippen molar-refractivity contribution in [2.75, 3.05) is 11.9 Å². The highest BCUT2D eigenvalue weighted by molar-refractivity contribution is 5.56. The molecular formula is C14H18N2O3. The maximum Gasteiger partial charge on any atom is 0.275 e. The molecule has 0 fully saturated rings. The molecule has 19 heavy (non-hydrogen) atoms. The summed E-state index contributed by atoms with van der Waals surface area (Å²) in [6.45, 7) is 4.43. The average Bonchev–Trinajstić information content (AvgIpc) is 2.36. The van der Waals surface area contributed by atoms with Gasteiger partial charge in [-0.15, -0.1) is 12.3 Å². The molecule has 0 spiro atoms. The Morgan fingerprint density at radius 1 is 1.53 bits per heavy atom. The van der Waals surface area contributed by atoms with E-state index in [4.69, 9.17) is 11.2 Å². The van der Waals surface area contributed by atoms with Crippen LogP contribution >= 0.6 is 0 Å². The van der Waals surface area contributed by atoms with Crippen LogP contribution in [0.15, 0.2) is 18.2 Å². The normalized spacial score (nSPS) is 11.4. The van der Waals surface area contributed by atoms with Gasteiger partial charge in [-0.3, -0.25) is 10.1 Å². The fourth-order valence-electron chi connectivity index (χ4n) is 1.59. The van der Waals surface area contributed by atoms with E-state index in [9.17, 15) is 10.1 Å². The standard InChI is InChI=1S/C14H18N2O3/c1-4-6-11(3)15-12-8-13(16(17)18)10-14(9-12)19-7-5-2/h1,8-11,15H,5-7H2,2-3H3. The number of nitro benzene ring substituents is 1. The Morgan fingerprint density at radius 2 is 2.26 bits per heavy atom. The van der Waals surface area contributed by atoms with Gasteiger partial charge in [0.2, 0.25) is 0 Å². The summed E-state index contributed by atoms with van der Waals surface area (Å²) in [7, 11) is 0. The molecule has 0 aliphatic rings. The van der Waals surface area contributed by atoms with Crippen LogP contribution in [-0.4, -0.2) is 17.6 Å². The van der Waals surface area contributed by atoms with Crippen molar-refractivity contribution < 1.29 is 9.66 Å². The first-order valence-corrected chi connectivity index (χ1v) is 6.19. The molecule has 1 rings (SSSR count). The van der Waals surface area contributed by atoms with E-state index >= 15 is 0 Å². The summed E-state index contributed by atoms with van der Waals surface area (Å²) in [4.78, 5) is 10.4. The predicted molar refractivity (Wildman–Crippen MR) is 75.4 cm³/mol. The highest BCUT2D eigenvalue weighted by Gasteiger charge is 2.11. The molecule has 1 aromatic rings. The van der Waals surface area contributed by atoms with Crippen molar-refractivity contribution in [3.8, 4) is 18.1 Å². The van der Waals surface area contributed by atoms with Crippen molar-refractivity contribution in [3.63, 3.8) is 0 Å². The van der Waals surface area contributed by atoms with Gasteiger partial charge in [-0.2, -0.15) is 0 Å². The second kappa shape index (κ2) is 7.27. The topological polar surface area (TPSA) is 64.4 Å². The van der Waals surface area contributed by atoms with Crippen molar-refractivity contribution in [2.45, 2.75) is 32.7 Å². The number of nitrogens with one attached hydrogen (secondary N) is 1. The number of benzene rings is 1. The smallest absolute Gasteiger partial charge is 0.275 e. The van der Waals surface area contributed by atoms with E-state index in [2.05, 4.69) is 11.2 Å². The van der Waals surface area contributed by atoms with E-state index in [0.29, 0.717) is 24.5 Å². The first-order valence-electron chi connectivity index (χ1n) is 6.19. The Morgan fingerprint density at radius 3 is 2.84 bits per heavy atom. The minimum absolute atomic E-state index is 0.00371. The Bertz CT molecular complexity index is 480. The van der Waals surface area contributed by atoms with Crippen LogP contribution < -0.4 is 10.1 Å². The zero-order chi connectivity index (χ0) is 14.3. The number of ether oxygens (including phenoxy) is 1. The van der Waals surface area contributed by atoms with Crippen molar-refractivity contribution in [1.29, 1.82) is 0 Å². The van der Waals surface area contributed by atoms with E-state index in [-0.39, 0.29) is 11.7 Å². The van der Waals surface area contributed by atoms with Crippen molar-refractivity contribution in [1.82, 2.24) is 0 Å². The van der Waals surface area contributed by atoms with Crippen molar-refractivity contribution in [2.24, 2.45) is 0 Å². The molecule has 1 N–H and O–H groups in total. The molecule has 0 amide bonds. The summed E-state index contributed by atoms with van der Waals surface area (Å²) in [6, 6.07) is 4.69. The number of nitrogens with zero attached hydrogens (tertiary/aromatic N) is 1. The fraction of sp³-hybridized carbons (Fsp3) is 0.429. The SMILES string of the molecule is C#CCC(C)Nc1cc(OCCC)cc([N+](=O)[O-])c1. The molecule has 1 aromatic carbocycles. The summed E-state index contributed by atoms with van der Waals surface area (Å²) in [5.74, 6) is 3.04. The van der Waals surface area contributed by atoms with Gasteiger partial charge in [0.15, 0.2) is 0 Å². The van der Waals surface area contributed by atoms with E-state index in [1.807, 2.05) is 13.8 Å². The zero-order valence-electron chi connectivity index (χ0n) is 11.2. The molecule has 0 saturated carbocycles. The second-order valence-corrected chi connectivity index (χ2v) is 4.27. The van der Waals surface area contributed by atoms with Gasteiger partial charge >= 0.3 is 0 Å². The van der Waals surface area contributed by atoms with Gasteiger partial charge < -0.3 is 10.1 Å². The molecule has 0 aliphatic heterocycles. The van der Waals surface area contributed by atoms with Crippen LogP contribution in [-0.2, 0) is 0 Å². The number of rotatable bonds is 7. The largest absolute Gasteiger partial charge is 0.493 e. The highest BCUT2D eigenvalue weighted by atomic mass is 16.6. The predicted octanol–water partition coefficient (Wildman–Crippen LogP) is 3.21. The van der Waals surface area contributed by atoms with Gasteiger partial charge in [-0.1, -0.05) is 6.92 Å². The van der Waals surface area contributed by atoms with Gasteiger partial charge in [-0.05, 0) is 13.3 Å². The third-order valence-corrected chi connectivity index (χ3v) is 2.41. The monoisotopic (exact) mass is 262 g/mol. The molecule has 5 heteroatoms. The maximum atomic E-state index is 10.9. The molecule has 0 saturated heterocycles. The highest BCUT2D eigenvalue weighted by Crippen LogP contribution is 2.26. The Balaban J connectivity index is 2.92. The van der Waals surface area contributed by atoms with Crippen LogP contribution in [0.1, 0.15) is 26.7 Å². The van der Waals surface area contributed by atoms with E-state index < -0.39 is 4.92 Å². The number of terminal acetylenes is 1. The average molecular weight is 262 g/mol. The Hall–Kier alpha value is -2.22. The van der Waals surface area contributed by atoms with Gasteiger partial charge in [-0.25, -0.2) is 0 Å². The summed E-state index contributed by atoms with van der Waals surface area (Å²) in [5, 5.41) is 14.0. The molecule has 0 aromatic heterocycles. The van der Waals surface area contributed by atoms with Crippen LogP contribution in [0, 0.1) is 22.5 Å². The number of hydrogen-bond donors (Lipinski definition) is 1. The van der Waals surface area contributed by atoms with Gasteiger partial charge in [0.1, 0.15) is 5.75 Å².